The third-order valence-electron chi connectivity index (χ3n) is 3.51. The minimum Gasteiger partial charge on any atom is -0.469 e. The monoisotopic (exact) mass is 213 g/mol. The fraction of sp³-hybridized carbons (Fsp3) is 0.917. The van der Waals surface area contributed by atoms with Crippen LogP contribution in [0.2, 0.25) is 0 Å². The maximum absolute atomic E-state index is 11.0. The number of nitrogens with zero attached hydrogens (tertiary/aromatic N) is 1. The number of ether oxygens (including phenoxy) is 1. The second-order valence-corrected chi connectivity index (χ2v) is 4.72. The third-order valence-corrected chi connectivity index (χ3v) is 3.51. The van der Waals surface area contributed by atoms with Crippen molar-refractivity contribution in [2.75, 3.05) is 20.7 Å². The first-order chi connectivity index (χ1) is 7.13. The lowest BCUT2D eigenvalue weighted by molar-refractivity contribution is -0.141. The van der Waals surface area contributed by atoms with Crippen molar-refractivity contribution >= 4 is 5.97 Å². The molecule has 0 spiro atoms. The van der Waals surface area contributed by atoms with E-state index < -0.39 is 0 Å². The van der Waals surface area contributed by atoms with Crippen LogP contribution in [0.15, 0.2) is 0 Å². The van der Waals surface area contributed by atoms with Gasteiger partial charge in [0.1, 0.15) is 0 Å². The maximum Gasteiger partial charge on any atom is 0.306 e. The van der Waals surface area contributed by atoms with Crippen LogP contribution >= 0.6 is 0 Å². The van der Waals surface area contributed by atoms with E-state index in [1.807, 2.05) is 0 Å². The number of esters is 1. The molecule has 0 atom stereocenters. The van der Waals surface area contributed by atoms with Crippen molar-refractivity contribution in [3.05, 3.63) is 0 Å². The smallest absolute Gasteiger partial charge is 0.306 e. The molecule has 1 saturated carbocycles. The van der Waals surface area contributed by atoms with Gasteiger partial charge in [-0.1, -0.05) is 6.92 Å². The van der Waals surface area contributed by atoms with E-state index in [4.69, 9.17) is 0 Å². The lowest BCUT2D eigenvalue weighted by Gasteiger charge is -2.33. The van der Waals surface area contributed by atoms with Crippen LogP contribution in [-0.2, 0) is 9.53 Å². The first-order valence-corrected chi connectivity index (χ1v) is 5.90. The van der Waals surface area contributed by atoms with Gasteiger partial charge in [0.25, 0.3) is 0 Å². The molecule has 0 unspecified atom stereocenters. The fourth-order valence-corrected chi connectivity index (χ4v) is 2.24. The molecule has 0 N–H and O–H groups in total. The summed E-state index contributed by atoms with van der Waals surface area (Å²) >= 11 is 0. The highest BCUT2D eigenvalue weighted by Crippen LogP contribution is 2.26. The number of methoxy groups -OCH3 is 1. The number of hydrogen-bond acceptors (Lipinski definition) is 3. The Bertz CT molecular complexity index is 198. The molecular weight excluding hydrogens is 190 g/mol. The highest BCUT2D eigenvalue weighted by atomic mass is 16.5. The van der Waals surface area contributed by atoms with E-state index in [1.165, 1.54) is 32.8 Å². The van der Waals surface area contributed by atoms with Crippen molar-refractivity contribution in [2.24, 2.45) is 5.92 Å². The Hall–Kier alpha value is -0.570. The van der Waals surface area contributed by atoms with Crippen LogP contribution in [0.25, 0.3) is 0 Å². The Morgan fingerprint density at radius 2 is 1.93 bits per heavy atom. The molecule has 0 amide bonds. The average Bonchev–Trinajstić information content (AvgIpc) is 2.26. The molecule has 0 saturated heterocycles. The van der Waals surface area contributed by atoms with Crippen LogP contribution in [0.3, 0.4) is 0 Å². The summed E-state index contributed by atoms with van der Waals surface area (Å²) in [6.07, 6.45) is 5.72. The van der Waals surface area contributed by atoms with Crippen molar-refractivity contribution in [3.8, 4) is 0 Å². The molecule has 0 aliphatic heterocycles. The van der Waals surface area contributed by atoms with Gasteiger partial charge in [-0.3, -0.25) is 4.79 Å². The van der Waals surface area contributed by atoms with Gasteiger partial charge in [0.2, 0.25) is 0 Å². The van der Waals surface area contributed by atoms with Gasteiger partial charge >= 0.3 is 5.97 Å². The Labute approximate surface area is 92.8 Å². The zero-order chi connectivity index (χ0) is 11.3. The van der Waals surface area contributed by atoms with Crippen molar-refractivity contribution < 1.29 is 9.53 Å². The van der Waals surface area contributed by atoms with Crippen molar-refractivity contribution in [1.82, 2.24) is 4.90 Å². The van der Waals surface area contributed by atoms with Gasteiger partial charge in [0.05, 0.1) is 13.5 Å². The van der Waals surface area contributed by atoms with E-state index in [1.54, 1.807) is 0 Å². The Morgan fingerprint density at radius 1 is 1.33 bits per heavy atom. The molecule has 88 valence electrons. The van der Waals surface area contributed by atoms with Gasteiger partial charge in [-0.25, -0.2) is 0 Å². The normalized spacial score (nSPS) is 26.7. The lowest BCUT2D eigenvalue weighted by atomic mass is 9.87. The number of carbonyl (C=O) groups is 1. The van der Waals surface area contributed by atoms with Gasteiger partial charge in [-0.05, 0) is 38.6 Å². The SMILES string of the molecule is COC(=O)CCN(C)C1CCC(C)CC1. The van der Waals surface area contributed by atoms with Gasteiger partial charge < -0.3 is 9.64 Å². The Balaban J connectivity index is 2.22. The second-order valence-electron chi connectivity index (χ2n) is 4.72. The molecule has 1 aliphatic rings. The topological polar surface area (TPSA) is 29.5 Å². The van der Waals surface area contributed by atoms with E-state index in [-0.39, 0.29) is 5.97 Å². The van der Waals surface area contributed by atoms with Gasteiger partial charge in [-0.15, -0.1) is 0 Å². The second kappa shape index (κ2) is 6.11. The summed E-state index contributed by atoms with van der Waals surface area (Å²) in [7, 11) is 3.56. The molecule has 15 heavy (non-hydrogen) atoms. The van der Waals surface area contributed by atoms with Crippen LogP contribution in [0.5, 0.6) is 0 Å². The third kappa shape index (κ3) is 4.20. The molecule has 0 radical (unpaired) electrons. The van der Waals surface area contributed by atoms with E-state index in [0.717, 1.165) is 12.5 Å². The summed E-state index contributed by atoms with van der Waals surface area (Å²) in [5.74, 6) is 0.779. The van der Waals surface area contributed by atoms with E-state index in [2.05, 4.69) is 23.6 Å². The average molecular weight is 213 g/mol. The molecular formula is C12H23NO2. The fourth-order valence-electron chi connectivity index (χ4n) is 2.24. The van der Waals surface area contributed by atoms with Gasteiger partial charge in [0.15, 0.2) is 0 Å². The minimum absolute atomic E-state index is 0.106. The standard InChI is InChI=1S/C12H23NO2/c1-10-4-6-11(7-5-10)13(2)9-8-12(14)15-3/h10-11H,4-9H2,1-3H3. The predicted molar refractivity (Wildman–Crippen MR) is 60.7 cm³/mol. The highest BCUT2D eigenvalue weighted by molar-refractivity contribution is 5.69. The molecule has 3 heteroatoms. The number of carbonyl (C=O) groups excluding carboxylic acids is 1. The largest absolute Gasteiger partial charge is 0.469 e. The van der Waals surface area contributed by atoms with E-state index in [9.17, 15) is 4.79 Å². The zero-order valence-electron chi connectivity index (χ0n) is 10.2. The number of rotatable bonds is 4. The summed E-state index contributed by atoms with van der Waals surface area (Å²) in [5.41, 5.74) is 0. The minimum atomic E-state index is -0.106. The summed E-state index contributed by atoms with van der Waals surface area (Å²) in [4.78, 5) is 13.3. The van der Waals surface area contributed by atoms with Crippen LogP contribution in [-0.4, -0.2) is 37.6 Å². The summed E-state index contributed by atoms with van der Waals surface area (Å²) in [6, 6.07) is 0.672. The summed E-state index contributed by atoms with van der Waals surface area (Å²) < 4.78 is 4.64. The zero-order valence-corrected chi connectivity index (χ0v) is 10.2. The van der Waals surface area contributed by atoms with Crippen LogP contribution in [0.1, 0.15) is 39.0 Å². The predicted octanol–water partition coefficient (Wildman–Crippen LogP) is 2.06. The molecule has 1 aliphatic carbocycles. The molecule has 0 heterocycles. The molecule has 3 nitrogen and oxygen atoms in total. The molecule has 1 rings (SSSR count). The van der Waals surface area contributed by atoms with E-state index in [0.29, 0.717) is 12.5 Å². The first kappa shape index (κ1) is 12.5. The first-order valence-electron chi connectivity index (χ1n) is 5.90. The Morgan fingerprint density at radius 3 is 2.47 bits per heavy atom. The Kier molecular flexibility index (Phi) is 5.09. The molecule has 0 bridgehead atoms. The number of hydrogen-bond donors (Lipinski definition) is 0. The molecule has 1 fully saturated rings. The van der Waals surface area contributed by atoms with Crippen molar-refractivity contribution in [2.45, 2.75) is 45.1 Å². The van der Waals surface area contributed by atoms with E-state index >= 15 is 0 Å². The van der Waals surface area contributed by atoms with Crippen LogP contribution < -0.4 is 0 Å². The van der Waals surface area contributed by atoms with Crippen LogP contribution in [0.4, 0.5) is 0 Å². The molecule has 0 aromatic heterocycles. The lowest BCUT2D eigenvalue weighted by Crippen LogP contribution is -2.36. The summed E-state index contributed by atoms with van der Waals surface area (Å²) in [5, 5.41) is 0. The molecule has 0 aromatic rings. The van der Waals surface area contributed by atoms with Gasteiger partial charge in [0, 0.05) is 12.6 Å². The molecule has 0 aromatic carbocycles. The quantitative estimate of drug-likeness (QED) is 0.669. The van der Waals surface area contributed by atoms with Crippen molar-refractivity contribution in [3.63, 3.8) is 0 Å². The maximum atomic E-state index is 11.0. The van der Waals surface area contributed by atoms with Crippen LogP contribution in [0, 0.1) is 5.92 Å². The highest BCUT2D eigenvalue weighted by Gasteiger charge is 2.21. The van der Waals surface area contributed by atoms with Crippen molar-refractivity contribution in [1.29, 1.82) is 0 Å². The van der Waals surface area contributed by atoms with Gasteiger partial charge in [-0.2, -0.15) is 0 Å². The summed E-state index contributed by atoms with van der Waals surface area (Å²) in [6.45, 7) is 3.15.